The third-order valence-corrected chi connectivity index (χ3v) is 3.77. The Morgan fingerprint density at radius 3 is 2.76 bits per heavy atom. The number of carboxylic acid groups (broad SMARTS) is 1. The molecule has 2 unspecified atom stereocenters. The van der Waals surface area contributed by atoms with Gasteiger partial charge in [0.25, 0.3) is 0 Å². The lowest BCUT2D eigenvalue weighted by Gasteiger charge is -2.20. The molecule has 1 aliphatic heterocycles. The predicted molar refractivity (Wildman–Crippen MR) is 78.3 cm³/mol. The van der Waals surface area contributed by atoms with E-state index in [0.29, 0.717) is 10.7 Å². The van der Waals surface area contributed by atoms with E-state index in [0.717, 1.165) is 0 Å². The van der Waals surface area contributed by atoms with Crippen LogP contribution in [0.1, 0.15) is 12.8 Å². The Balaban J connectivity index is 1.86. The highest BCUT2D eigenvalue weighted by Gasteiger charge is 2.35. The van der Waals surface area contributed by atoms with Crippen molar-refractivity contribution in [1.82, 2.24) is 4.90 Å². The van der Waals surface area contributed by atoms with E-state index in [4.69, 9.17) is 16.7 Å². The van der Waals surface area contributed by atoms with Gasteiger partial charge in [0.05, 0.1) is 16.8 Å². The third kappa shape index (κ3) is 4.17. The molecule has 0 aliphatic carbocycles. The molecule has 21 heavy (non-hydrogen) atoms. The van der Waals surface area contributed by atoms with Gasteiger partial charge in [-0.15, -0.1) is 0 Å². The molecular formula is C14H17ClN2O4. The third-order valence-electron chi connectivity index (χ3n) is 3.44. The number of carbonyl (C=O) groups is 2. The average molecular weight is 313 g/mol. The zero-order valence-corrected chi connectivity index (χ0v) is 12.1. The number of rotatable bonds is 5. The molecule has 0 saturated carbocycles. The molecule has 1 aromatic rings. The summed E-state index contributed by atoms with van der Waals surface area (Å²) in [6.45, 7) is 0.556. The minimum atomic E-state index is -0.974. The molecule has 1 saturated heterocycles. The Morgan fingerprint density at radius 1 is 1.38 bits per heavy atom. The van der Waals surface area contributed by atoms with Crippen molar-refractivity contribution in [2.75, 3.05) is 18.4 Å². The number of carbonyl (C=O) groups excluding carboxylic acids is 1. The number of carboxylic acids is 1. The number of aliphatic carboxylic acids is 1. The van der Waals surface area contributed by atoms with E-state index in [1.165, 1.54) is 0 Å². The molecule has 0 radical (unpaired) electrons. The van der Waals surface area contributed by atoms with Gasteiger partial charge in [-0.05, 0) is 12.1 Å². The van der Waals surface area contributed by atoms with Crippen molar-refractivity contribution in [3.63, 3.8) is 0 Å². The summed E-state index contributed by atoms with van der Waals surface area (Å²) in [4.78, 5) is 24.6. The van der Waals surface area contributed by atoms with Crippen LogP contribution in [0.2, 0.25) is 5.02 Å². The van der Waals surface area contributed by atoms with Gasteiger partial charge >= 0.3 is 5.97 Å². The predicted octanol–water partition coefficient (Wildman–Crippen LogP) is 1.19. The first-order chi connectivity index (χ1) is 9.97. The maximum Gasteiger partial charge on any atom is 0.321 e. The van der Waals surface area contributed by atoms with Gasteiger partial charge in [0.1, 0.15) is 6.04 Å². The van der Waals surface area contributed by atoms with Crippen molar-refractivity contribution in [1.29, 1.82) is 0 Å². The molecule has 1 aliphatic rings. The van der Waals surface area contributed by atoms with E-state index in [9.17, 15) is 14.7 Å². The molecule has 1 amide bonds. The van der Waals surface area contributed by atoms with Crippen molar-refractivity contribution in [3.05, 3.63) is 29.3 Å². The summed E-state index contributed by atoms with van der Waals surface area (Å²) in [5.41, 5.74) is 0.528. The lowest BCUT2D eigenvalue weighted by Crippen LogP contribution is -2.37. The molecule has 114 valence electrons. The first kappa shape index (κ1) is 15.8. The summed E-state index contributed by atoms with van der Waals surface area (Å²) in [5, 5.41) is 21.7. The molecule has 3 N–H and O–H groups in total. The van der Waals surface area contributed by atoms with E-state index in [1.54, 1.807) is 29.2 Å². The van der Waals surface area contributed by atoms with Gasteiger partial charge in [-0.25, -0.2) is 0 Å². The SMILES string of the molecule is O=C(CCN1CC(O)CC1C(=O)O)Nc1ccccc1Cl. The van der Waals surface area contributed by atoms with Gasteiger partial charge in [-0.1, -0.05) is 23.7 Å². The molecule has 2 atom stereocenters. The number of hydrogen-bond donors (Lipinski definition) is 3. The van der Waals surface area contributed by atoms with Crippen molar-refractivity contribution >= 4 is 29.2 Å². The maximum atomic E-state index is 11.9. The Hall–Kier alpha value is -1.63. The number of aliphatic hydroxyl groups excluding tert-OH is 1. The van der Waals surface area contributed by atoms with Crippen molar-refractivity contribution in [3.8, 4) is 0 Å². The second-order valence-corrected chi connectivity index (χ2v) is 5.42. The molecule has 0 spiro atoms. The lowest BCUT2D eigenvalue weighted by molar-refractivity contribution is -0.142. The van der Waals surface area contributed by atoms with E-state index in [-0.39, 0.29) is 31.8 Å². The normalized spacial score (nSPS) is 22.2. The topological polar surface area (TPSA) is 89.9 Å². The van der Waals surface area contributed by atoms with E-state index >= 15 is 0 Å². The molecule has 1 aromatic carbocycles. The molecule has 7 heteroatoms. The Labute approximate surface area is 127 Å². The van der Waals surface area contributed by atoms with Crippen LogP contribution in [-0.2, 0) is 9.59 Å². The second kappa shape index (κ2) is 6.89. The van der Waals surface area contributed by atoms with E-state index < -0.39 is 18.1 Å². The quantitative estimate of drug-likeness (QED) is 0.760. The second-order valence-electron chi connectivity index (χ2n) is 5.02. The van der Waals surface area contributed by atoms with Gasteiger partial charge in [0.2, 0.25) is 5.91 Å². The fourth-order valence-corrected chi connectivity index (χ4v) is 2.59. The summed E-state index contributed by atoms with van der Waals surface area (Å²) >= 11 is 5.94. The standard InChI is InChI=1S/C14H17ClN2O4/c15-10-3-1-2-4-11(10)16-13(19)5-6-17-8-9(18)7-12(17)14(20)21/h1-4,9,12,18H,5-8H2,(H,16,19)(H,20,21). The highest BCUT2D eigenvalue weighted by Crippen LogP contribution is 2.21. The fraction of sp³-hybridized carbons (Fsp3) is 0.429. The average Bonchev–Trinajstić information content (AvgIpc) is 2.80. The van der Waals surface area contributed by atoms with Crippen LogP contribution in [0, 0.1) is 0 Å². The Kier molecular flexibility index (Phi) is 5.17. The number of hydrogen-bond acceptors (Lipinski definition) is 4. The smallest absolute Gasteiger partial charge is 0.321 e. The van der Waals surface area contributed by atoms with Crippen LogP contribution < -0.4 is 5.32 Å². The zero-order valence-electron chi connectivity index (χ0n) is 11.3. The number of para-hydroxylation sites is 1. The minimum absolute atomic E-state index is 0.141. The Morgan fingerprint density at radius 2 is 2.10 bits per heavy atom. The van der Waals surface area contributed by atoms with Crippen molar-refractivity contribution < 1.29 is 19.8 Å². The number of aliphatic hydroxyl groups is 1. The number of β-amino-alcohol motifs (C(OH)–C–C–N with tert-alkyl or cyclic N) is 1. The van der Waals surface area contributed by atoms with Crippen LogP contribution in [-0.4, -0.2) is 52.2 Å². The maximum absolute atomic E-state index is 11.9. The molecule has 2 rings (SSSR count). The molecule has 1 fully saturated rings. The van der Waals surface area contributed by atoms with Crippen molar-refractivity contribution in [2.45, 2.75) is 25.0 Å². The molecule has 6 nitrogen and oxygen atoms in total. The van der Waals surface area contributed by atoms with Crippen LogP contribution in [0.5, 0.6) is 0 Å². The monoisotopic (exact) mass is 312 g/mol. The van der Waals surface area contributed by atoms with Crippen molar-refractivity contribution in [2.24, 2.45) is 0 Å². The highest BCUT2D eigenvalue weighted by molar-refractivity contribution is 6.33. The first-order valence-electron chi connectivity index (χ1n) is 6.66. The summed E-state index contributed by atoms with van der Waals surface area (Å²) in [5.74, 6) is -1.22. The van der Waals surface area contributed by atoms with Crippen LogP contribution in [0.15, 0.2) is 24.3 Å². The number of nitrogens with zero attached hydrogens (tertiary/aromatic N) is 1. The van der Waals surface area contributed by atoms with Crippen LogP contribution >= 0.6 is 11.6 Å². The van der Waals surface area contributed by atoms with Crippen LogP contribution in [0.3, 0.4) is 0 Å². The fourth-order valence-electron chi connectivity index (χ4n) is 2.40. The van der Waals surface area contributed by atoms with Crippen LogP contribution in [0.4, 0.5) is 5.69 Å². The lowest BCUT2D eigenvalue weighted by atomic mass is 10.2. The molecular weight excluding hydrogens is 296 g/mol. The molecule has 0 aromatic heterocycles. The van der Waals surface area contributed by atoms with Gasteiger partial charge in [0, 0.05) is 25.9 Å². The van der Waals surface area contributed by atoms with Crippen LogP contribution in [0.25, 0.3) is 0 Å². The van der Waals surface area contributed by atoms with Gasteiger partial charge in [-0.2, -0.15) is 0 Å². The first-order valence-corrected chi connectivity index (χ1v) is 7.04. The van der Waals surface area contributed by atoms with E-state index in [2.05, 4.69) is 5.32 Å². The summed E-state index contributed by atoms with van der Waals surface area (Å²) < 4.78 is 0. The highest BCUT2D eigenvalue weighted by atomic mass is 35.5. The summed E-state index contributed by atoms with van der Waals surface area (Å²) in [6.07, 6.45) is -0.318. The van der Waals surface area contributed by atoms with Gasteiger partial charge < -0.3 is 15.5 Å². The minimum Gasteiger partial charge on any atom is -0.480 e. The number of amides is 1. The number of benzene rings is 1. The molecule has 0 bridgehead atoms. The number of nitrogens with one attached hydrogen (secondary N) is 1. The number of likely N-dealkylation sites (tertiary alicyclic amines) is 1. The summed E-state index contributed by atoms with van der Waals surface area (Å²) in [6, 6.07) is 6.17. The van der Waals surface area contributed by atoms with E-state index in [1.807, 2.05) is 0 Å². The Bertz CT molecular complexity index is 537. The number of anilines is 1. The zero-order chi connectivity index (χ0) is 15.4. The number of halogens is 1. The molecule has 1 heterocycles. The van der Waals surface area contributed by atoms with Gasteiger partial charge in [0.15, 0.2) is 0 Å². The largest absolute Gasteiger partial charge is 0.480 e. The van der Waals surface area contributed by atoms with Gasteiger partial charge in [-0.3, -0.25) is 14.5 Å². The summed E-state index contributed by atoms with van der Waals surface area (Å²) in [7, 11) is 0.